The fourth-order valence-electron chi connectivity index (χ4n) is 2.12. The minimum atomic E-state index is -0.264. The molecular weight excluding hydrogens is 268 g/mol. The molecule has 0 spiro atoms. The van der Waals surface area contributed by atoms with Crippen molar-refractivity contribution in [3.8, 4) is 0 Å². The quantitative estimate of drug-likeness (QED) is 0.822. The molecule has 2 N–H and O–H groups in total. The first kappa shape index (κ1) is 15.3. The molecule has 0 aromatic carbocycles. The molecule has 0 unspecified atom stereocenters. The zero-order valence-corrected chi connectivity index (χ0v) is 12.8. The normalized spacial score (nSPS) is 11.0. The van der Waals surface area contributed by atoms with E-state index in [0.717, 1.165) is 30.8 Å². The standard InChI is InChI=1S/C15H22N4O2/c1-4-11-9-16-18-14(11)17-15(20)13-8-7-12(21-13)10-19(5-2)6-3/h7-9H,4-6,10H2,1-3H3,(H2,16,17,18,20). The van der Waals surface area contributed by atoms with Crippen LogP contribution in [-0.4, -0.2) is 34.1 Å². The van der Waals surface area contributed by atoms with Gasteiger partial charge in [0, 0.05) is 5.56 Å². The van der Waals surface area contributed by atoms with E-state index in [-0.39, 0.29) is 5.91 Å². The van der Waals surface area contributed by atoms with Gasteiger partial charge >= 0.3 is 0 Å². The third-order valence-corrected chi connectivity index (χ3v) is 3.50. The molecule has 0 saturated carbocycles. The van der Waals surface area contributed by atoms with E-state index in [0.29, 0.717) is 18.1 Å². The molecule has 0 aliphatic heterocycles. The van der Waals surface area contributed by atoms with Gasteiger partial charge in [0.2, 0.25) is 0 Å². The maximum atomic E-state index is 12.2. The Bertz CT molecular complexity index is 584. The molecule has 2 aromatic heterocycles. The van der Waals surface area contributed by atoms with Crippen molar-refractivity contribution >= 4 is 11.7 Å². The number of nitrogens with one attached hydrogen (secondary N) is 2. The molecule has 21 heavy (non-hydrogen) atoms. The topological polar surface area (TPSA) is 74.2 Å². The third-order valence-electron chi connectivity index (χ3n) is 3.50. The number of nitrogens with zero attached hydrogens (tertiary/aromatic N) is 2. The molecule has 2 aromatic rings. The van der Waals surface area contributed by atoms with Crippen LogP contribution in [0.4, 0.5) is 5.82 Å². The maximum absolute atomic E-state index is 12.2. The molecule has 2 rings (SSSR count). The summed E-state index contributed by atoms with van der Waals surface area (Å²) in [6.45, 7) is 8.83. The molecule has 6 heteroatoms. The van der Waals surface area contributed by atoms with E-state index in [1.54, 1.807) is 12.3 Å². The molecule has 2 heterocycles. The van der Waals surface area contributed by atoms with Crippen molar-refractivity contribution in [2.45, 2.75) is 33.7 Å². The number of aromatic amines is 1. The van der Waals surface area contributed by atoms with Gasteiger partial charge in [0.15, 0.2) is 5.76 Å². The minimum Gasteiger partial charge on any atom is -0.455 e. The Hall–Kier alpha value is -2.08. The van der Waals surface area contributed by atoms with Gasteiger partial charge < -0.3 is 9.73 Å². The predicted octanol–water partition coefficient (Wildman–Crippen LogP) is 2.66. The van der Waals surface area contributed by atoms with Crippen molar-refractivity contribution in [3.05, 3.63) is 35.4 Å². The third kappa shape index (κ3) is 3.72. The lowest BCUT2D eigenvalue weighted by Gasteiger charge is -2.15. The van der Waals surface area contributed by atoms with Gasteiger partial charge in [-0.05, 0) is 31.6 Å². The number of hydrogen-bond acceptors (Lipinski definition) is 4. The highest BCUT2D eigenvalue weighted by Crippen LogP contribution is 2.15. The van der Waals surface area contributed by atoms with E-state index < -0.39 is 0 Å². The smallest absolute Gasteiger partial charge is 0.292 e. The number of hydrogen-bond donors (Lipinski definition) is 2. The maximum Gasteiger partial charge on any atom is 0.292 e. The highest BCUT2D eigenvalue weighted by molar-refractivity contribution is 6.02. The number of furan rings is 1. The van der Waals surface area contributed by atoms with Gasteiger partial charge in [0.25, 0.3) is 5.91 Å². The first-order chi connectivity index (χ1) is 10.2. The van der Waals surface area contributed by atoms with Crippen molar-refractivity contribution in [1.82, 2.24) is 15.1 Å². The fourth-order valence-corrected chi connectivity index (χ4v) is 2.12. The van der Waals surface area contributed by atoms with Crippen LogP contribution in [0.1, 0.15) is 42.6 Å². The lowest BCUT2D eigenvalue weighted by molar-refractivity contribution is 0.0992. The second-order valence-electron chi connectivity index (χ2n) is 4.81. The summed E-state index contributed by atoms with van der Waals surface area (Å²) in [5, 5.41) is 9.50. The average Bonchev–Trinajstić information content (AvgIpc) is 3.13. The summed E-state index contributed by atoms with van der Waals surface area (Å²) in [6.07, 6.45) is 2.51. The Labute approximate surface area is 124 Å². The molecule has 0 saturated heterocycles. The van der Waals surface area contributed by atoms with Crippen LogP contribution in [0.25, 0.3) is 0 Å². The summed E-state index contributed by atoms with van der Waals surface area (Å²) in [5.74, 6) is 1.47. The van der Waals surface area contributed by atoms with Crippen LogP contribution < -0.4 is 5.32 Å². The number of carbonyl (C=O) groups is 1. The summed E-state index contributed by atoms with van der Waals surface area (Å²) in [7, 11) is 0. The molecule has 0 aliphatic carbocycles. The SMILES string of the molecule is CCc1cn[nH]c1NC(=O)c1ccc(CN(CC)CC)o1. The number of aromatic nitrogens is 2. The van der Waals surface area contributed by atoms with Gasteiger partial charge in [0.05, 0.1) is 12.7 Å². The van der Waals surface area contributed by atoms with Crippen LogP contribution in [-0.2, 0) is 13.0 Å². The first-order valence-corrected chi connectivity index (χ1v) is 7.32. The summed E-state index contributed by atoms with van der Waals surface area (Å²) >= 11 is 0. The van der Waals surface area contributed by atoms with Crippen LogP contribution in [0.3, 0.4) is 0 Å². The fraction of sp³-hybridized carbons (Fsp3) is 0.467. The Balaban J connectivity index is 2.02. The predicted molar refractivity (Wildman–Crippen MR) is 81.3 cm³/mol. The first-order valence-electron chi connectivity index (χ1n) is 7.32. The lowest BCUT2D eigenvalue weighted by atomic mass is 10.2. The Morgan fingerprint density at radius 1 is 1.33 bits per heavy atom. The molecule has 0 bridgehead atoms. The second-order valence-corrected chi connectivity index (χ2v) is 4.81. The molecule has 6 nitrogen and oxygen atoms in total. The Morgan fingerprint density at radius 3 is 2.76 bits per heavy atom. The number of amides is 1. The lowest BCUT2D eigenvalue weighted by Crippen LogP contribution is -2.21. The molecule has 0 radical (unpaired) electrons. The van der Waals surface area contributed by atoms with Crippen molar-refractivity contribution in [2.24, 2.45) is 0 Å². The Kier molecular flexibility index (Phi) is 5.16. The second kappa shape index (κ2) is 7.08. The molecule has 0 fully saturated rings. The number of carbonyl (C=O) groups excluding carboxylic acids is 1. The van der Waals surface area contributed by atoms with Crippen molar-refractivity contribution in [1.29, 1.82) is 0 Å². The van der Waals surface area contributed by atoms with Crippen LogP contribution in [0.5, 0.6) is 0 Å². The number of anilines is 1. The molecule has 1 amide bonds. The zero-order chi connectivity index (χ0) is 15.2. The van der Waals surface area contributed by atoms with E-state index in [9.17, 15) is 4.79 Å². The molecule has 0 atom stereocenters. The summed E-state index contributed by atoms with van der Waals surface area (Å²) < 4.78 is 5.61. The Morgan fingerprint density at radius 2 is 2.10 bits per heavy atom. The van der Waals surface area contributed by atoms with Crippen LogP contribution in [0.2, 0.25) is 0 Å². The van der Waals surface area contributed by atoms with Crippen LogP contribution in [0, 0.1) is 0 Å². The van der Waals surface area contributed by atoms with E-state index in [4.69, 9.17) is 4.42 Å². The molecule has 0 aliphatic rings. The summed E-state index contributed by atoms with van der Waals surface area (Å²) in [6, 6.07) is 3.55. The number of aryl methyl sites for hydroxylation is 1. The van der Waals surface area contributed by atoms with Crippen molar-refractivity contribution in [3.63, 3.8) is 0 Å². The molecule has 114 valence electrons. The van der Waals surface area contributed by atoms with Crippen molar-refractivity contribution in [2.75, 3.05) is 18.4 Å². The summed E-state index contributed by atoms with van der Waals surface area (Å²) in [4.78, 5) is 14.4. The van der Waals surface area contributed by atoms with Gasteiger partial charge in [0.1, 0.15) is 11.6 Å². The van der Waals surface area contributed by atoms with Gasteiger partial charge in [-0.2, -0.15) is 5.10 Å². The van der Waals surface area contributed by atoms with E-state index in [2.05, 4.69) is 34.3 Å². The van der Waals surface area contributed by atoms with Gasteiger partial charge in [-0.25, -0.2) is 0 Å². The highest BCUT2D eigenvalue weighted by atomic mass is 16.4. The monoisotopic (exact) mass is 290 g/mol. The number of H-pyrrole nitrogens is 1. The highest BCUT2D eigenvalue weighted by Gasteiger charge is 2.14. The zero-order valence-electron chi connectivity index (χ0n) is 12.8. The number of rotatable bonds is 7. The average molecular weight is 290 g/mol. The molecular formula is C15H22N4O2. The van der Waals surface area contributed by atoms with Gasteiger partial charge in [-0.15, -0.1) is 0 Å². The largest absolute Gasteiger partial charge is 0.455 e. The van der Waals surface area contributed by atoms with E-state index in [1.165, 1.54) is 0 Å². The van der Waals surface area contributed by atoms with Crippen LogP contribution in [0.15, 0.2) is 22.7 Å². The summed E-state index contributed by atoms with van der Waals surface area (Å²) in [5.41, 5.74) is 0.971. The van der Waals surface area contributed by atoms with Crippen LogP contribution >= 0.6 is 0 Å². The van der Waals surface area contributed by atoms with Gasteiger partial charge in [-0.3, -0.25) is 14.8 Å². The van der Waals surface area contributed by atoms with Gasteiger partial charge in [-0.1, -0.05) is 20.8 Å². The minimum absolute atomic E-state index is 0.264. The van der Waals surface area contributed by atoms with E-state index in [1.807, 2.05) is 13.0 Å². The van der Waals surface area contributed by atoms with Crippen molar-refractivity contribution < 1.29 is 9.21 Å². The van der Waals surface area contributed by atoms with E-state index >= 15 is 0 Å².